The van der Waals surface area contributed by atoms with Crippen LogP contribution in [0.1, 0.15) is 30.1 Å². The molecule has 6 nitrogen and oxygen atoms in total. The number of sulfonamides is 1. The van der Waals surface area contributed by atoms with Gasteiger partial charge in [-0.2, -0.15) is 0 Å². The molecule has 1 atom stereocenters. The van der Waals surface area contributed by atoms with Crippen LogP contribution in [0.5, 0.6) is 0 Å². The number of carbonyl (C=O) groups is 1. The summed E-state index contributed by atoms with van der Waals surface area (Å²) in [6.07, 6.45) is 0.904. The van der Waals surface area contributed by atoms with E-state index in [0.29, 0.717) is 12.0 Å². The van der Waals surface area contributed by atoms with Gasteiger partial charge < -0.3 is 10.4 Å². The lowest BCUT2D eigenvalue weighted by atomic mass is 10.2. The number of hydrogen-bond acceptors (Lipinski definition) is 4. The average molecular weight is 314 g/mol. The maximum Gasteiger partial charge on any atom is 0.251 e. The molecule has 1 aromatic carbocycles. The molecule has 1 unspecified atom stereocenters. The van der Waals surface area contributed by atoms with Crippen LogP contribution in [0.15, 0.2) is 29.2 Å². The number of amides is 1. The molecule has 7 heteroatoms. The molecule has 2 N–H and O–H groups in total. The molecule has 0 spiro atoms. The first kappa shape index (κ1) is 17.6. The Kier molecular flexibility index (Phi) is 6.32. The smallest absolute Gasteiger partial charge is 0.251 e. The zero-order chi connectivity index (χ0) is 16.0. The third-order valence-corrected chi connectivity index (χ3v) is 4.84. The lowest BCUT2D eigenvalue weighted by molar-refractivity contribution is 0.0910. The molecule has 1 rings (SSSR count). The average Bonchev–Trinajstić information content (AvgIpc) is 2.45. The molecule has 0 heterocycles. The Bertz CT molecular complexity index is 567. The Balaban J connectivity index is 2.72. The number of rotatable bonds is 7. The van der Waals surface area contributed by atoms with E-state index in [9.17, 15) is 18.3 Å². The van der Waals surface area contributed by atoms with Crippen molar-refractivity contribution in [2.75, 3.05) is 20.6 Å². The Morgan fingerprint density at radius 1 is 1.29 bits per heavy atom. The van der Waals surface area contributed by atoms with Crippen molar-refractivity contribution in [3.63, 3.8) is 0 Å². The van der Waals surface area contributed by atoms with Crippen LogP contribution in [0.2, 0.25) is 0 Å². The van der Waals surface area contributed by atoms with E-state index in [1.165, 1.54) is 38.4 Å². The molecule has 0 aromatic heterocycles. The van der Waals surface area contributed by atoms with Crippen molar-refractivity contribution in [2.24, 2.45) is 0 Å². The van der Waals surface area contributed by atoms with E-state index in [1.54, 1.807) is 0 Å². The Hall–Kier alpha value is -1.44. The van der Waals surface area contributed by atoms with Crippen LogP contribution in [0.25, 0.3) is 0 Å². The van der Waals surface area contributed by atoms with Crippen molar-refractivity contribution >= 4 is 15.9 Å². The van der Waals surface area contributed by atoms with Gasteiger partial charge in [0.1, 0.15) is 0 Å². The molecule has 1 aromatic rings. The predicted molar refractivity (Wildman–Crippen MR) is 80.6 cm³/mol. The maximum atomic E-state index is 11.9. The van der Waals surface area contributed by atoms with Crippen LogP contribution in [0.4, 0.5) is 0 Å². The van der Waals surface area contributed by atoms with Crippen molar-refractivity contribution in [2.45, 2.75) is 30.8 Å². The predicted octanol–water partition coefficient (Wildman–Crippen LogP) is 0.828. The second kappa shape index (κ2) is 7.53. The van der Waals surface area contributed by atoms with Crippen molar-refractivity contribution in [1.29, 1.82) is 0 Å². The highest BCUT2D eigenvalue weighted by Gasteiger charge is 2.17. The van der Waals surface area contributed by atoms with Gasteiger partial charge in [0.15, 0.2) is 0 Å². The molecule has 0 bridgehead atoms. The standard InChI is InChI=1S/C14H22N2O4S/c1-4-5-12(17)10-15-14(18)11-6-8-13(9-7-11)21(19,20)16(2)3/h6-9,12,17H,4-5,10H2,1-3H3,(H,15,18). The summed E-state index contributed by atoms with van der Waals surface area (Å²) in [5.74, 6) is -0.334. The van der Waals surface area contributed by atoms with Crippen LogP contribution < -0.4 is 5.32 Å². The molecular formula is C14H22N2O4S. The van der Waals surface area contributed by atoms with Crippen molar-refractivity contribution in [3.05, 3.63) is 29.8 Å². The molecule has 0 saturated carbocycles. The van der Waals surface area contributed by atoms with E-state index in [4.69, 9.17) is 0 Å². The fourth-order valence-corrected chi connectivity index (χ4v) is 2.64. The Morgan fingerprint density at radius 2 is 1.86 bits per heavy atom. The van der Waals surface area contributed by atoms with Gasteiger partial charge in [-0.15, -0.1) is 0 Å². The largest absolute Gasteiger partial charge is 0.391 e. The van der Waals surface area contributed by atoms with Crippen molar-refractivity contribution < 1.29 is 18.3 Å². The Morgan fingerprint density at radius 3 is 2.33 bits per heavy atom. The fraction of sp³-hybridized carbons (Fsp3) is 0.500. The van der Waals surface area contributed by atoms with Crippen molar-refractivity contribution in [3.8, 4) is 0 Å². The molecule has 0 aliphatic carbocycles. The summed E-state index contributed by atoms with van der Waals surface area (Å²) < 4.78 is 24.9. The molecule has 118 valence electrons. The third kappa shape index (κ3) is 4.80. The summed E-state index contributed by atoms with van der Waals surface area (Å²) >= 11 is 0. The molecular weight excluding hydrogens is 292 g/mol. The molecule has 0 aliphatic rings. The van der Waals surface area contributed by atoms with Gasteiger partial charge in [0.05, 0.1) is 11.0 Å². The number of aliphatic hydroxyl groups is 1. The van der Waals surface area contributed by atoms with Crippen LogP contribution in [0, 0.1) is 0 Å². The minimum absolute atomic E-state index is 0.134. The quantitative estimate of drug-likeness (QED) is 0.780. The van der Waals surface area contributed by atoms with Gasteiger partial charge in [-0.1, -0.05) is 13.3 Å². The summed E-state index contributed by atoms with van der Waals surface area (Å²) in [6.45, 7) is 2.14. The summed E-state index contributed by atoms with van der Waals surface area (Å²) in [5, 5.41) is 12.2. The topological polar surface area (TPSA) is 86.7 Å². The number of hydrogen-bond donors (Lipinski definition) is 2. The number of benzene rings is 1. The minimum Gasteiger partial charge on any atom is -0.391 e. The molecule has 0 fully saturated rings. The first-order valence-electron chi connectivity index (χ1n) is 6.78. The summed E-state index contributed by atoms with van der Waals surface area (Å²) in [7, 11) is -0.592. The number of carbonyl (C=O) groups excluding carboxylic acids is 1. The van der Waals surface area contributed by atoms with E-state index >= 15 is 0 Å². The van der Waals surface area contributed by atoms with Gasteiger partial charge in [0, 0.05) is 26.2 Å². The molecule has 0 aliphatic heterocycles. The van der Waals surface area contributed by atoms with E-state index in [1.807, 2.05) is 6.92 Å². The Labute approximate surface area is 125 Å². The highest BCUT2D eigenvalue weighted by molar-refractivity contribution is 7.89. The second-order valence-corrected chi connectivity index (χ2v) is 7.12. The summed E-state index contributed by atoms with van der Waals surface area (Å²) in [6, 6.07) is 5.70. The second-order valence-electron chi connectivity index (χ2n) is 4.96. The SMILES string of the molecule is CCCC(O)CNC(=O)c1ccc(S(=O)(=O)N(C)C)cc1. The van der Waals surface area contributed by atoms with E-state index in [0.717, 1.165) is 10.7 Å². The number of nitrogens with zero attached hydrogens (tertiary/aromatic N) is 1. The zero-order valence-corrected chi connectivity index (χ0v) is 13.4. The molecule has 0 saturated heterocycles. The van der Waals surface area contributed by atoms with Crippen LogP contribution >= 0.6 is 0 Å². The normalized spacial score (nSPS) is 13.2. The van der Waals surface area contributed by atoms with Gasteiger partial charge in [-0.25, -0.2) is 12.7 Å². The fourth-order valence-electron chi connectivity index (χ4n) is 1.74. The first-order chi connectivity index (χ1) is 9.78. The highest BCUT2D eigenvalue weighted by Crippen LogP contribution is 2.14. The van der Waals surface area contributed by atoms with Gasteiger partial charge >= 0.3 is 0 Å². The zero-order valence-electron chi connectivity index (χ0n) is 12.5. The molecule has 1 amide bonds. The number of aliphatic hydroxyl groups excluding tert-OH is 1. The van der Waals surface area contributed by atoms with Gasteiger partial charge in [-0.3, -0.25) is 4.79 Å². The molecule has 0 radical (unpaired) electrons. The van der Waals surface area contributed by atoms with Crippen LogP contribution in [-0.4, -0.2) is 50.5 Å². The summed E-state index contributed by atoms with van der Waals surface area (Å²) in [5.41, 5.74) is 0.358. The first-order valence-corrected chi connectivity index (χ1v) is 8.22. The van der Waals surface area contributed by atoms with Gasteiger partial charge in [0.2, 0.25) is 10.0 Å². The van der Waals surface area contributed by atoms with Crippen LogP contribution in [0.3, 0.4) is 0 Å². The number of nitrogens with one attached hydrogen (secondary N) is 1. The van der Waals surface area contributed by atoms with Crippen LogP contribution in [-0.2, 0) is 10.0 Å². The van der Waals surface area contributed by atoms with E-state index < -0.39 is 16.1 Å². The third-order valence-electron chi connectivity index (χ3n) is 3.02. The monoisotopic (exact) mass is 314 g/mol. The van der Waals surface area contributed by atoms with E-state index in [-0.39, 0.29) is 17.3 Å². The summed E-state index contributed by atoms with van der Waals surface area (Å²) in [4.78, 5) is 12.0. The lowest BCUT2D eigenvalue weighted by Crippen LogP contribution is -2.32. The van der Waals surface area contributed by atoms with Crippen molar-refractivity contribution in [1.82, 2.24) is 9.62 Å². The van der Waals surface area contributed by atoms with Gasteiger partial charge in [0.25, 0.3) is 5.91 Å². The lowest BCUT2D eigenvalue weighted by Gasteiger charge is -2.12. The van der Waals surface area contributed by atoms with Gasteiger partial charge in [-0.05, 0) is 30.7 Å². The highest BCUT2D eigenvalue weighted by atomic mass is 32.2. The molecule has 21 heavy (non-hydrogen) atoms. The minimum atomic E-state index is -3.49. The van der Waals surface area contributed by atoms with E-state index in [2.05, 4.69) is 5.32 Å². The maximum absolute atomic E-state index is 11.9.